The zero-order valence-electron chi connectivity index (χ0n) is 19.9. The zero-order chi connectivity index (χ0) is 22.9. The van der Waals surface area contributed by atoms with E-state index < -0.39 is 7.82 Å². The molecule has 1 atom stereocenters. The van der Waals surface area contributed by atoms with Crippen LogP contribution in [0.15, 0.2) is 0 Å². The molecule has 0 saturated heterocycles. The molecule has 0 radical (unpaired) electrons. The molecule has 0 saturated carbocycles. The minimum Gasteiger partial charge on any atom is -0.379 e. The molecule has 9 heteroatoms. The Labute approximate surface area is 189 Å². The van der Waals surface area contributed by atoms with Gasteiger partial charge < -0.3 is 19.1 Å². The van der Waals surface area contributed by atoms with Gasteiger partial charge in [0.25, 0.3) is 0 Å². The van der Waals surface area contributed by atoms with Crippen LogP contribution in [0.3, 0.4) is 0 Å². The molecule has 0 rings (SSSR count). The predicted octanol–water partition coefficient (Wildman–Crippen LogP) is 5.82. The molecule has 188 valence electrons. The van der Waals surface area contributed by atoms with Crippen LogP contribution in [0.5, 0.6) is 0 Å². The minimum absolute atomic E-state index is 0.0608. The van der Waals surface area contributed by atoms with Gasteiger partial charge in [0.1, 0.15) is 0 Å². The number of hydrogen-bond acceptors (Lipinski definition) is 7. The number of phosphoric ester groups is 1. The fourth-order valence-electron chi connectivity index (χ4n) is 2.92. The lowest BCUT2D eigenvalue weighted by Gasteiger charge is -2.11. The highest BCUT2D eigenvalue weighted by Crippen LogP contribution is 2.43. The molecular formula is C22H47O8P. The fraction of sp³-hybridized carbons (Fsp3) is 1.00. The molecule has 0 fully saturated rings. The van der Waals surface area contributed by atoms with Crippen LogP contribution >= 0.6 is 7.82 Å². The van der Waals surface area contributed by atoms with Crippen LogP contribution in [0.1, 0.15) is 90.9 Å². The van der Waals surface area contributed by atoms with E-state index in [0.29, 0.717) is 33.0 Å². The van der Waals surface area contributed by atoms with Gasteiger partial charge in [0.15, 0.2) is 0 Å². The van der Waals surface area contributed by atoms with Gasteiger partial charge in [-0.3, -0.25) is 4.52 Å². The average molecular weight is 471 g/mol. The minimum atomic E-state index is -4.20. The van der Waals surface area contributed by atoms with E-state index in [2.05, 4.69) is 11.6 Å². The van der Waals surface area contributed by atoms with Crippen molar-refractivity contribution in [3.63, 3.8) is 0 Å². The van der Waals surface area contributed by atoms with Gasteiger partial charge in [-0.25, -0.2) is 9.45 Å². The van der Waals surface area contributed by atoms with E-state index in [-0.39, 0.29) is 19.8 Å². The highest BCUT2D eigenvalue weighted by atomic mass is 31.2. The van der Waals surface area contributed by atoms with Gasteiger partial charge in [0, 0.05) is 6.61 Å². The zero-order valence-corrected chi connectivity index (χ0v) is 20.8. The molecule has 1 N–H and O–H groups in total. The second kappa shape index (κ2) is 24.6. The van der Waals surface area contributed by atoms with Crippen LogP contribution < -0.4 is 0 Å². The maximum absolute atomic E-state index is 11.7. The first kappa shape index (κ1) is 30.9. The summed E-state index contributed by atoms with van der Waals surface area (Å²) in [5, 5.41) is 0. The Bertz CT molecular complexity index is 398. The molecule has 0 aliphatic carbocycles. The van der Waals surface area contributed by atoms with Crippen molar-refractivity contribution in [2.75, 3.05) is 52.9 Å². The summed E-state index contributed by atoms with van der Waals surface area (Å²) in [5.41, 5.74) is 0. The lowest BCUT2D eigenvalue weighted by atomic mass is 10.1. The predicted molar refractivity (Wildman–Crippen MR) is 122 cm³/mol. The highest BCUT2D eigenvalue weighted by molar-refractivity contribution is 7.47. The normalized spacial score (nSPS) is 13.5. The van der Waals surface area contributed by atoms with Crippen molar-refractivity contribution in [3.05, 3.63) is 0 Å². The number of phosphoric acid groups is 1. The first-order valence-corrected chi connectivity index (χ1v) is 13.6. The van der Waals surface area contributed by atoms with Gasteiger partial charge in [-0.05, 0) is 13.3 Å². The van der Waals surface area contributed by atoms with Crippen molar-refractivity contribution in [2.45, 2.75) is 90.9 Å². The van der Waals surface area contributed by atoms with Gasteiger partial charge in [-0.2, -0.15) is 0 Å². The number of ether oxygens (including phenoxy) is 3. The van der Waals surface area contributed by atoms with E-state index in [1.54, 1.807) is 0 Å². The largest absolute Gasteiger partial charge is 0.499 e. The van der Waals surface area contributed by atoms with Crippen molar-refractivity contribution >= 4 is 7.82 Å². The highest BCUT2D eigenvalue weighted by Gasteiger charge is 2.22. The quantitative estimate of drug-likeness (QED) is 0.0731. The summed E-state index contributed by atoms with van der Waals surface area (Å²) in [6, 6.07) is 0. The molecule has 0 spiro atoms. The number of rotatable bonds is 26. The molecule has 0 aromatic carbocycles. The molecule has 31 heavy (non-hydrogen) atoms. The SMILES string of the molecule is CCCCCCCCCCCCCCOOP(=O)(O)OCCOCCOCCOCC. The molecule has 0 aromatic rings. The Kier molecular flexibility index (Phi) is 24.5. The molecule has 0 heterocycles. The topological polar surface area (TPSA) is 92.7 Å². The molecule has 1 unspecified atom stereocenters. The van der Waals surface area contributed by atoms with Crippen LogP contribution in [0.25, 0.3) is 0 Å². The van der Waals surface area contributed by atoms with E-state index in [0.717, 1.165) is 19.3 Å². The Morgan fingerprint density at radius 2 is 1.03 bits per heavy atom. The molecule has 8 nitrogen and oxygen atoms in total. The third-order valence-corrected chi connectivity index (χ3v) is 5.46. The van der Waals surface area contributed by atoms with Crippen LogP contribution in [0.2, 0.25) is 0 Å². The van der Waals surface area contributed by atoms with Crippen LogP contribution in [0, 0.1) is 0 Å². The molecule has 0 aromatic heterocycles. The third-order valence-electron chi connectivity index (χ3n) is 4.66. The van der Waals surface area contributed by atoms with E-state index >= 15 is 0 Å². The summed E-state index contributed by atoms with van der Waals surface area (Å²) in [6.45, 7) is 7.12. The summed E-state index contributed by atoms with van der Waals surface area (Å²) in [5.74, 6) is 0. The van der Waals surface area contributed by atoms with Crippen molar-refractivity contribution < 1.29 is 37.8 Å². The second-order valence-electron chi connectivity index (χ2n) is 7.51. The van der Waals surface area contributed by atoms with Gasteiger partial charge in [-0.15, -0.1) is 4.67 Å². The van der Waals surface area contributed by atoms with E-state index in [4.69, 9.17) is 23.6 Å². The maximum Gasteiger partial charge on any atom is 0.499 e. The molecule has 0 bridgehead atoms. The van der Waals surface area contributed by atoms with Gasteiger partial charge >= 0.3 is 7.82 Å². The van der Waals surface area contributed by atoms with Crippen LogP contribution in [-0.4, -0.2) is 57.7 Å². The van der Waals surface area contributed by atoms with Crippen molar-refractivity contribution in [2.24, 2.45) is 0 Å². The second-order valence-corrected chi connectivity index (χ2v) is 8.85. The van der Waals surface area contributed by atoms with E-state index in [1.165, 1.54) is 57.8 Å². The van der Waals surface area contributed by atoms with Gasteiger partial charge in [0.2, 0.25) is 0 Å². The van der Waals surface area contributed by atoms with Gasteiger partial charge in [0.05, 0.1) is 46.2 Å². The Hall–Kier alpha value is -0.0500. The molecule has 0 amide bonds. The first-order chi connectivity index (χ1) is 15.1. The smallest absolute Gasteiger partial charge is 0.379 e. The van der Waals surface area contributed by atoms with Crippen molar-refractivity contribution in [1.29, 1.82) is 0 Å². The standard InChI is InChI=1S/C22H47O8P/c1-3-5-6-7-8-9-10-11-12-13-14-15-16-28-30-31(23,24)29-22-21-27-20-19-26-18-17-25-4-2/h3-22H2,1-2H3,(H,23,24). The third kappa shape index (κ3) is 26.1. The summed E-state index contributed by atoms with van der Waals surface area (Å²) in [6.07, 6.45) is 14.9. The van der Waals surface area contributed by atoms with Crippen LogP contribution in [-0.2, 0) is 32.9 Å². The molecule has 0 aliphatic rings. The number of unbranched alkanes of at least 4 members (excludes halogenated alkanes) is 11. The Morgan fingerprint density at radius 1 is 0.581 bits per heavy atom. The Morgan fingerprint density at radius 3 is 1.55 bits per heavy atom. The van der Waals surface area contributed by atoms with Crippen molar-refractivity contribution in [1.82, 2.24) is 0 Å². The van der Waals surface area contributed by atoms with Crippen LogP contribution in [0.4, 0.5) is 0 Å². The first-order valence-electron chi connectivity index (χ1n) is 12.1. The summed E-state index contributed by atoms with van der Waals surface area (Å²) >= 11 is 0. The van der Waals surface area contributed by atoms with Gasteiger partial charge in [-0.1, -0.05) is 77.6 Å². The summed E-state index contributed by atoms with van der Waals surface area (Å²) in [4.78, 5) is 14.3. The lowest BCUT2D eigenvalue weighted by molar-refractivity contribution is -0.225. The monoisotopic (exact) mass is 470 g/mol. The van der Waals surface area contributed by atoms with E-state index in [1.807, 2.05) is 6.92 Å². The molecule has 0 aliphatic heterocycles. The van der Waals surface area contributed by atoms with Crippen molar-refractivity contribution in [3.8, 4) is 0 Å². The summed E-state index contributed by atoms with van der Waals surface area (Å²) in [7, 11) is -4.20. The molecular weight excluding hydrogens is 423 g/mol. The number of hydrogen-bond donors (Lipinski definition) is 1. The Balaban J connectivity index is 3.29. The fourth-order valence-corrected chi connectivity index (χ4v) is 3.48. The van der Waals surface area contributed by atoms with E-state index in [9.17, 15) is 9.46 Å². The average Bonchev–Trinajstić information content (AvgIpc) is 2.75. The summed E-state index contributed by atoms with van der Waals surface area (Å²) < 4.78 is 36.6. The lowest BCUT2D eigenvalue weighted by Crippen LogP contribution is -2.11. The maximum atomic E-state index is 11.7.